The summed E-state index contributed by atoms with van der Waals surface area (Å²) in [6, 6.07) is 20.1. The van der Waals surface area contributed by atoms with Crippen molar-refractivity contribution in [2.24, 2.45) is 0 Å². The Balaban J connectivity index is 1.68. The molecule has 4 nitrogen and oxygen atoms in total. The number of nitrogens with one attached hydrogen (secondary N) is 1. The molecule has 1 aliphatic rings. The van der Waals surface area contributed by atoms with Gasteiger partial charge in [0.05, 0.1) is 18.6 Å². The summed E-state index contributed by atoms with van der Waals surface area (Å²) in [5.74, 6) is 1.74. The molecule has 3 aromatic carbocycles. The Labute approximate surface area is 190 Å². The van der Waals surface area contributed by atoms with Crippen LogP contribution < -0.4 is 14.8 Å². The van der Waals surface area contributed by atoms with Crippen molar-refractivity contribution < 1.29 is 14.3 Å². The van der Waals surface area contributed by atoms with E-state index >= 15 is 0 Å². The van der Waals surface area contributed by atoms with Crippen LogP contribution in [-0.2, 0) is 10.2 Å². The average Bonchev–Trinajstić information content (AvgIpc) is 2.85. The molecule has 1 saturated carbocycles. The van der Waals surface area contributed by atoms with Crippen LogP contribution in [0.3, 0.4) is 0 Å². The second kappa shape index (κ2) is 9.64. The van der Waals surface area contributed by atoms with Gasteiger partial charge in [0.2, 0.25) is 5.91 Å². The lowest BCUT2D eigenvalue weighted by molar-refractivity contribution is -0.122. The highest BCUT2D eigenvalue weighted by Gasteiger charge is 2.41. The van der Waals surface area contributed by atoms with Crippen LogP contribution in [0.25, 0.3) is 10.8 Å². The molecule has 0 saturated heterocycles. The van der Waals surface area contributed by atoms with Crippen molar-refractivity contribution in [2.45, 2.75) is 63.9 Å². The molecule has 0 aromatic heterocycles. The molecular weight excluding hydrogens is 398 g/mol. The first kappa shape index (κ1) is 22.2. The van der Waals surface area contributed by atoms with Crippen molar-refractivity contribution in [3.05, 3.63) is 66.2 Å². The first-order valence-corrected chi connectivity index (χ1v) is 11.7. The van der Waals surface area contributed by atoms with Crippen LogP contribution in [0.5, 0.6) is 11.5 Å². The quantitative estimate of drug-likeness (QED) is 0.444. The summed E-state index contributed by atoms with van der Waals surface area (Å²) in [6.45, 7) is 4.19. The second-order valence-electron chi connectivity index (χ2n) is 8.82. The molecule has 0 bridgehead atoms. The fraction of sp³-hybridized carbons (Fsp3) is 0.393. The highest BCUT2D eigenvalue weighted by Crippen LogP contribution is 2.42. The van der Waals surface area contributed by atoms with Crippen molar-refractivity contribution in [2.75, 3.05) is 12.4 Å². The number of hydrogen-bond acceptors (Lipinski definition) is 3. The molecular formula is C28H33NO3. The molecule has 1 atom stereocenters. The average molecular weight is 432 g/mol. The minimum absolute atomic E-state index is 0.0723. The number of carbonyl (C=O) groups is 1. The van der Waals surface area contributed by atoms with Gasteiger partial charge in [-0.2, -0.15) is 0 Å². The van der Waals surface area contributed by atoms with Gasteiger partial charge in [-0.05, 0) is 56.0 Å². The molecule has 1 aliphatic carbocycles. The van der Waals surface area contributed by atoms with E-state index in [9.17, 15) is 4.79 Å². The van der Waals surface area contributed by atoms with E-state index in [-0.39, 0.29) is 12.0 Å². The first-order chi connectivity index (χ1) is 15.6. The topological polar surface area (TPSA) is 47.6 Å². The number of methoxy groups -OCH3 is 1. The molecule has 32 heavy (non-hydrogen) atoms. The molecule has 3 aromatic rings. The highest BCUT2D eigenvalue weighted by molar-refractivity contribution is 6.07. The lowest BCUT2D eigenvalue weighted by atomic mass is 9.68. The number of fused-ring (bicyclic) bond motifs is 1. The van der Waals surface area contributed by atoms with Gasteiger partial charge in [0.15, 0.2) is 0 Å². The van der Waals surface area contributed by atoms with Crippen molar-refractivity contribution >= 4 is 22.4 Å². The number of anilines is 1. The smallest absolute Gasteiger partial charge is 0.235 e. The van der Waals surface area contributed by atoms with Crippen LogP contribution in [0.4, 0.5) is 5.69 Å². The maximum Gasteiger partial charge on any atom is 0.235 e. The zero-order valence-corrected chi connectivity index (χ0v) is 19.3. The second-order valence-corrected chi connectivity index (χ2v) is 8.82. The molecule has 4 heteroatoms. The van der Waals surface area contributed by atoms with Crippen LogP contribution in [-0.4, -0.2) is 19.1 Å². The van der Waals surface area contributed by atoms with Gasteiger partial charge in [-0.1, -0.05) is 62.6 Å². The number of hydrogen-bond donors (Lipinski definition) is 1. The van der Waals surface area contributed by atoms with Gasteiger partial charge < -0.3 is 14.8 Å². The molecule has 168 valence electrons. The third-order valence-corrected chi connectivity index (χ3v) is 6.82. The molecule has 0 radical (unpaired) electrons. The van der Waals surface area contributed by atoms with Gasteiger partial charge >= 0.3 is 0 Å². The molecule has 0 aliphatic heterocycles. The summed E-state index contributed by atoms with van der Waals surface area (Å²) in [7, 11) is 1.66. The summed E-state index contributed by atoms with van der Waals surface area (Å²) in [6.07, 6.45) is 6.09. The monoisotopic (exact) mass is 431 g/mol. The maximum atomic E-state index is 13.8. The molecule has 1 amide bonds. The molecule has 0 heterocycles. The number of benzene rings is 3. The van der Waals surface area contributed by atoms with Gasteiger partial charge in [-0.25, -0.2) is 0 Å². The summed E-state index contributed by atoms with van der Waals surface area (Å²) in [5, 5.41) is 5.31. The van der Waals surface area contributed by atoms with Crippen molar-refractivity contribution in [3.63, 3.8) is 0 Å². The minimum atomic E-state index is -0.516. The standard InChI is InChI=1S/C28H33NO3/c1-4-20(2)32-26-17-16-25(23-10-6-7-11-24(23)26)29-27(30)28(18-8-5-9-19-28)21-12-14-22(31-3)15-13-21/h6-7,10-17,20H,4-5,8-9,18-19H2,1-3H3,(H,29,30)/t20-/m1/s1. The van der Waals surface area contributed by atoms with Crippen LogP contribution in [0, 0.1) is 0 Å². The molecule has 1 fully saturated rings. The highest BCUT2D eigenvalue weighted by atomic mass is 16.5. The Morgan fingerprint density at radius 1 is 0.969 bits per heavy atom. The van der Waals surface area contributed by atoms with E-state index in [1.807, 2.05) is 48.5 Å². The van der Waals surface area contributed by atoms with E-state index in [0.29, 0.717) is 0 Å². The van der Waals surface area contributed by atoms with Crippen LogP contribution in [0.2, 0.25) is 0 Å². The Morgan fingerprint density at radius 3 is 2.31 bits per heavy atom. The first-order valence-electron chi connectivity index (χ1n) is 11.7. The summed E-state index contributed by atoms with van der Waals surface area (Å²) < 4.78 is 11.5. The van der Waals surface area contributed by atoms with Crippen LogP contribution in [0.15, 0.2) is 60.7 Å². The predicted molar refractivity (Wildman–Crippen MR) is 131 cm³/mol. The fourth-order valence-electron chi connectivity index (χ4n) is 4.74. The Morgan fingerprint density at radius 2 is 1.66 bits per heavy atom. The van der Waals surface area contributed by atoms with Crippen molar-refractivity contribution in [1.29, 1.82) is 0 Å². The van der Waals surface area contributed by atoms with E-state index < -0.39 is 5.41 Å². The van der Waals surface area contributed by atoms with Crippen LogP contribution >= 0.6 is 0 Å². The summed E-state index contributed by atoms with van der Waals surface area (Å²) in [5.41, 5.74) is 1.38. The summed E-state index contributed by atoms with van der Waals surface area (Å²) in [4.78, 5) is 13.8. The predicted octanol–water partition coefficient (Wildman–Crippen LogP) is 6.87. The van der Waals surface area contributed by atoms with E-state index in [4.69, 9.17) is 9.47 Å². The van der Waals surface area contributed by atoms with E-state index in [2.05, 4.69) is 31.3 Å². The summed E-state index contributed by atoms with van der Waals surface area (Å²) >= 11 is 0. The van der Waals surface area contributed by atoms with Gasteiger partial charge in [0, 0.05) is 16.5 Å². The van der Waals surface area contributed by atoms with Gasteiger partial charge in [0.1, 0.15) is 11.5 Å². The molecule has 1 N–H and O–H groups in total. The maximum absolute atomic E-state index is 13.8. The third-order valence-electron chi connectivity index (χ3n) is 6.82. The molecule has 0 spiro atoms. The Hall–Kier alpha value is -3.01. The number of rotatable bonds is 7. The largest absolute Gasteiger partial charge is 0.497 e. The molecule has 0 unspecified atom stereocenters. The Bertz CT molecular complexity index is 1070. The Kier molecular flexibility index (Phi) is 6.69. The lowest BCUT2D eigenvalue weighted by Gasteiger charge is -2.36. The number of carbonyl (C=O) groups excluding carboxylic acids is 1. The SMILES string of the molecule is CC[C@@H](C)Oc1ccc(NC(=O)C2(c3ccc(OC)cc3)CCCCC2)c2ccccc12. The zero-order chi connectivity index (χ0) is 22.6. The lowest BCUT2D eigenvalue weighted by Crippen LogP contribution is -2.42. The normalized spacial score (nSPS) is 16.3. The minimum Gasteiger partial charge on any atom is -0.497 e. The van der Waals surface area contributed by atoms with Gasteiger partial charge in [0.25, 0.3) is 0 Å². The number of amides is 1. The fourth-order valence-corrected chi connectivity index (χ4v) is 4.74. The van der Waals surface area contributed by atoms with Crippen molar-refractivity contribution in [1.82, 2.24) is 0 Å². The van der Waals surface area contributed by atoms with Gasteiger partial charge in [-0.15, -0.1) is 0 Å². The van der Waals surface area contributed by atoms with Crippen LogP contribution in [0.1, 0.15) is 57.9 Å². The van der Waals surface area contributed by atoms with Crippen molar-refractivity contribution in [3.8, 4) is 11.5 Å². The third kappa shape index (κ3) is 4.32. The van der Waals surface area contributed by atoms with E-state index in [1.54, 1.807) is 7.11 Å². The zero-order valence-electron chi connectivity index (χ0n) is 19.3. The number of ether oxygens (including phenoxy) is 2. The van der Waals surface area contributed by atoms with Gasteiger partial charge in [-0.3, -0.25) is 4.79 Å². The van der Waals surface area contributed by atoms with E-state index in [0.717, 1.165) is 65.6 Å². The molecule has 4 rings (SSSR count). The van der Waals surface area contributed by atoms with E-state index in [1.165, 1.54) is 6.42 Å².